The normalized spacial score (nSPS) is 14.8. The van der Waals surface area contributed by atoms with E-state index in [0.29, 0.717) is 38.5 Å². The van der Waals surface area contributed by atoms with Crippen molar-refractivity contribution < 1.29 is 18.7 Å². The van der Waals surface area contributed by atoms with Gasteiger partial charge in [0.15, 0.2) is 5.58 Å². The number of morpholine rings is 1. The molecule has 6 heteroatoms. The third-order valence-corrected chi connectivity index (χ3v) is 4.52. The van der Waals surface area contributed by atoms with Crippen LogP contribution in [-0.2, 0) is 11.3 Å². The molecule has 0 unspecified atom stereocenters. The van der Waals surface area contributed by atoms with Gasteiger partial charge >= 0.3 is 0 Å². The molecule has 1 aromatic carbocycles. The molecular formula is C19H20N2O4. The van der Waals surface area contributed by atoms with Gasteiger partial charge in [0.25, 0.3) is 5.91 Å². The van der Waals surface area contributed by atoms with E-state index in [1.807, 2.05) is 45.9 Å². The van der Waals surface area contributed by atoms with Gasteiger partial charge in [0.1, 0.15) is 11.4 Å². The summed E-state index contributed by atoms with van der Waals surface area (Å²) in [5.41, 5.74) is 3.34. The highest BCUT2D eigenvalue weighted by molar-refractivity contribution is 5.97. The second-order valence-electron chi connectivity index (χ2n) is 6.04. The molecule has 4 rings (SSSR count). The molecule has 1 saturated heterocycles. The van der Waals surface area contributed by atoms with Gasteiger partial charge in [0, 0.05) is 31.8 Å². The van der Waals surface area contributed by atoms with Crippen molar-refractivity contribution in [1.82, 2.24) is 9.47 Å². The summed E-state index contributed by atoms with van der Waals surface area (Å²) in [7, 11) is 1.65. The van der Waals surface area contributed by atoms with Crippen molar-refractivity contribution in [1.29, 1.82) is 0 Å². The number of methoxy groups -OCH3 is 1. The van der Waals surface area contributed by atoms with Gasteiger partial charge in [0.05, 0.1) is 32.1 Å². The number of carbonyl (C=O) groups is 1. The number of amides is 1. The molecule has 0 N–H and O–H groups in total. The number of ether oxygens (including phenoxy) is 2. The summed E-state index contributed by atoms with van der Waals surface area (Å²) in [6, 6.07) is 11.6. The van der Waals surface area contributed by atoms with Crippen LogP contribution in [0.5, 0.6) is 5.75 Å². The van der Waals surface area contributed by atoms with Crippen LogP contribution in [-0.4, -0.2) is 48.8 Å². The minimum Gasteiger partial charge on any atom is -0.497 e. The molecule has 0 spiro atoms. The summed E-state index contributed by atoms with van der Waals surface area (Å²) in [6.45, 7) is 2.97. The van der Waals surface area contributed by atoms with Crippen LogP contribution in [0.15, 0.2) is 47.1 Å². The van der Waals surface area contributed by atoms with Crippen LogP contribution in [0.3, 0.4) is 0 Å². The Labute approximate surface area is 145 Å². The first kappa shape index (κ1) is 15.8. The Balaban J connectivity index is 1.71. The lowest BCUT2D eigenvalue weighted by atomic mass is 10.2. The smallest absolute Gasteiger partial charge is 0.270 e. The third-order valence-electron chi connectivity index (χ3n) is 4.52. The molecule has 0 atom stereocenters. The minimum absolute atomic E-state index is 0.0117. The van der Waals surface area contributed by atoms with Crippen molar-refractivity contribution in [3.63, 3.8) is 0 Å². The van der Waals surface area contributed by atoms with E-state index in [4.69, 9.17) is 13.9 Å². The number of hydrogen-bond donors (Lipinski definition) is 0. The Kier molecular flexibility index (Phi) is 4.19. The summed E-state index contributed by atoms with van der Waals surface area (Å²) in [5.74, 6) is 0.812. The molecule has 0 bridgehead atoms. The maximum atomic E-state index is 13.0. The van der Waals surface area contributed by atoms with Crippen LogP contribution < -0.4 is 4.74 Å². The first-order valence-corrected chi connectivity index (χ1v) is 8.33. The molecule has 25 heavy (non-hydrogen) atoms. The van der Waals surface area contributed by atoms with E-state index in [2.05, 4.69) is 0 Å². The first-order valence-electron chi connectivity index (χ1n) is 8.33. The van der Waals surface area contributed by atoms with Crippen LogP contribution in [0.2, 0.25) is 0 Å². The van der Waals surface area contributed by atoms with Gasteiger partial charge in [-0.2, -0.15) is 0 Å². The molecule has 3 aromatic rings. The number of benzene rings is 1. The lowest BCUT2D eigenvalue weighted by Gasteiger charge is -2.27. The molecule has 1 aliphatic rings. The van der Waals surface area contributed by atoms with Gasteiger partial charge in [-0.25, -0.2) is 0 Å². The molecule has 0 aliphatic carbocycles. The molecule has 0 radical (unpaired) electrons. The lowest BCUT2D eigenvalue weighted by molar-refractivity contribution is 0.0296. The number of hydrogen-bond acceptors (Lipinski definition) is 4. The molecule has 3 heterocycles. The zero-order valence-corrected chi connectivity index (χ0v) is 14.1. The summed E-state index contributed by atoms with van der Waals surface area (Å²) in [5, 5.41) is 0. The van der Waals surface area contributed by atoms with Crippen molar-refractivity contribution in [2.45, 2.75) is 6.54 Å². The number of aromatic nitrogens is 1. The summed E-state index contributed by atoms with van der Waals surface area (Å²) in [4.78, 5) is 14.8. The average Bonchev–Trinajstić information content (AvgIpc) is 3.25. The summed E-state index contributed by atoms with van der Waals surface area (Å²) in [6.07, 6.45) is 1.65. The number of fused-ring (bicyclic) bond motifs is 1. The number of rotatable bonds is 4. The Morgan fingerprint density at radius 1 is 1.20 bits per heavy atom. The quantitative estimate of drug-likeness (QED) is 0.733. The fraction of sp³-hybridized carbons (Fsp3) is 0.316. The molecular weight excluding hydrogens is 320 g/mol. The molecule has 2 aromatic heterocycles. The SMILES string of the molecule is COc1cccc(Cn2c(C(=O)N3CCOCC3)cc3occc32)c1. The standard InChI is InChI=1S/C19H20N2O4/c1-23-15-4-2-3-14(11-15)13-21-16-5-8-25-18(16)12-17(21)19(22)20-6-9-24-10-7-20/h2-5,8,11-12H,6-7,9-10,13H2,1H3. The molecule has 0 saturated carbocycles. The molecule has 130 valence electrons. The van der Waals surface area contributed by atoms with Crippen LogP contribution in [0, 0.1) is 0 Å². The van der Waals surface area contributed by atoms with E-state index in [-0.39, 0.29) is 5.91 Å². The van der Waals surface area contributed by atoms with Crippen LogP contribution in [0.25, 0.3) is 11.1 Å². The molecule has 1 aliphatic heterocycles. The van der Waals surface area contributed by atoms with Crippen LogP contribution in [0.4, 0.5) is 0 Å². The third kappa shape index (κ3) is 3.00. The predicted octanol–water partition coefficient (Wildman–Crippen LogP) is 2.76. The fourth-order valence-corrected chi connectivity index (χ4v) is 3.21. The van der Waals surface area contributed by atoms with E-state index < -0.39 is 0 Å². The molecule has 6 nitrogen and oxygen atoms in total. The highest BCUT2D eigenvalue weighted by Crippen LogP contribution is 2.25. The Morgan fingerprint density at radius 3 is 2.84 bits per heavy atom. The van der Waals surface area contributed by atoms with Gasteiger partial charge in [-0.05, 0) is 17.7 Å². The minimum atomic E-state index is 0.0117. The Hall–Kier alpha value is -2.73. The average molecular weight is 340 g/mol. The van der Waals surface area contributed by atoms with E-state index in [9.17, 15) is 4.79 Å². The second-order valence-corrected chi connectivity index (χ2v) is 6.04. The summed E-state index contributed by atoms with van der Waals surface area (Å²) < 4.78 is 18.2. The zero-order chi connectivity index (χ0) is 17.2. The number of furan rings is 1. The van der Waals surface area contributed by atoms with Gasteiger partial charge < -0.3 is 23.4 Å². The van der Waals surface area contributed by atoms with Crippen LogP contribution >= 0.6 is 0 Å². The predicted molar refractivity (Wildman–Crippen MR) is 93.0 cm³/mol. The Morgan fingerprint density at radius 2 is 2.04 bits per heavy atom. The highest BCUT2D eigenvalue weighted by Gasteiger charge is 2.24. The maximum absolute atomic E-state index is 13.0. The number of carbonyl (C=O) groups excluding carboxylic acids is 1. The van der Waals surface area contributed by atoms with Gasteiger partial charge in [-0.3, -0.25) is 4.79 Å². The first-order chi connectivity index (χ1) is 12.3. The summed E-state index contributed by atoms with van der Waals surface area (Å²) >= 11 is 0. The topological polar surface area (TPSA) is 56.8 Å². The van der Waals surface area contributed by atoms with Gasteiger partial charge in [-0.1, -0.05) is 12.1 Å². The highest BCUT2D eigenvalue weighted by atomic mass is 16.5. The van der Waals surface area contributed by atoms with Crippen molar-refractivity contribution in [2.75, 3.05) is 33.4 Å². The van der Waals surface area contributed by atoms with E-state index in [1.54, 1.807) is 13.4 Å². The molecule has 1 amide bonds. The van der Waals surface area contributed by atoms with E-state index in [1.165, 1.54) is 0 Å². The maximum Gasteiger partial charge on any atom is 0.270 e. The van der Waals surface area contributed by atoms with Crippen LogP contribution in [0.1, 0.15) is 16.1 Å². The Bertz CT molecular complexity index is 890. The van der Waals surface area contributed by atoms with Crippen molar-refractivity contribution in [3.8, 4) is 5.75 Å². The largest absolute Gasteiger partial charge is 0.497 e. The molecule has 1 fully saturated rings. The van der Waals surface area contributed by atoms with Crippen molar-refractivity contribution >= 4 is 17.0 Å². The fourth-order valence-electron chi connectivity index (χ4n) is 3.21. The second kappa shape index (κ2) is 6.64. The lowest BCUT2D eigenvalue weighted by Crippen LogP contribution is -2.41. The van der Waals surface area contributed by atoms with E-state index >= 15 is 0 Å². The van der Waals surface area contributed by atoms with E-state index in [0.717, 1.165) is 22.4 Å². The van der Waals surface area contributed by atoms with Gasteiger partial charge in [0.2, 0.25) is 0 Å². The van der Waals surface area contributed by atoms with Crippen molar-refractivity contribution in [2.24, 2.45) is 0 Å². The zero-order valence-electron chi connectivity index (χ0n) is 14.1. The monoisotopic (exact) mass is 340 g/mol. The van der Waals surface area contributed by atoms with Crippen molar-refractivity contribution in [3.05, 3.63) is 53.9 Å². The van der Waals surface area contributed by atoms with Gasteiger partial charge in [-0.15, -0.1) is 0 Å². The number of nitrogens with zero attached hydrogens (tertiary/aromatic N) is 2.